The van der Waals surface area contributed by atoms with Crippen molar-refractivity contribution < 1.29 is 73.8 Å². The van der Waals surface area contributed by atoms with Crippen molar-refractivity contribution in [3.05, 3.63) is 24.3 Å². The van der Waals surface area contributed by atoms with Crippen LogP contribution in [0, 0.1) is 0 Å². The number of aliphatic hydroxyl groups is 7. The number of rotatable bonds is 43. The van der Waals surface area contributed by atoms with Crippen molar-refractivity contribution in [2.45, 2.75) is 280 Å². The summed E-state index contributed by atoms with van der Waals surface area (Å²) < 4.78 is 33.6. The third-order valence-electron chi connectivity index (χ3n) is 13.2. The fourth-order valence-electron chi connectivity index (χ4n) is 8.67. The van der Waals surface area contributed by atoms with Crippen LogP contribution in [0.3, 0.4) is 0 Å². The Balaban J connectivity index is 1.75. The Labute approximate surface area is 415 Å². The van der Waals surface area contributed by atoms with Crippen molar-refractivity contribution in [3.8, 4) is 0 Å². The van der Waals surface area contributed by atoms with Crippen LogP contribution in [0.5, 0.6) is 0 Å². The summed E-state index contributed by atoms with van der Waals surface area (Å²) in [7, 11) is 0. The zero-order chi connectivity index (χ0) is 50.3. The molecule has 0 aliphatic carbocycles. The molecule has 15 nitrogen and oxygen atoms in total. The molecule has 0 aromatic rings. The third-order valence-corrected chi connectivity index (χ3v) is 13.2. The van der Waals surface area contributed by atoms with E-state index in [0.29, 0.717) is 12.8 Å². The van der Waals surface area contributed by atoms with E-state index >= 15 is 0 Å². The highest BCUT2D eigenvalue weighted by molar-refractivity contribution is 5.70. The fourth-order valence-corrected chi connectivity index (χ4v) is 8.67. The van der Waals surface area contributed by atoms with Crippen LogP contribution in [0.25, 0.3) is 0 Å². The van der Waals surface area contributed by atoms with Crippen LogP contribution >= 0.6 is 0 Å². The highest BCUT2D eigenvalue weighted by Gasteiger charge is 2.47. The molecule has 11 atom stereocenters. The molecule has 2 fully saturated rings. The van der Waals surface area contributed by atoms with Gasteiger partial charge in [0.05, 0.1) is 19.8 Å². The molecule has 15 heteroatoms. The molecule has 0 saturated carbocycles. The number of unbranched alkanes of at least 4 members (excludes halogenated alkanes) is 25. The molecular formula is C54H98O15. The summed E-state index contributed by atoms with van der Waals surface area (Å²) >= 11 is 0. The lowest BCUT2D eigenvalue weighted by molar-refractivity contribution is -0.332. The van der Waals surface area contributed by atoms with Crippen molar-refractivity contribution in [2.24, 2.45) is 0 Å². The molecule has 2 heterocycles. The normalized spacial score (nSPS) is 25.7. The van der Waals surface area contributed by atoms with Gasteiger partial charge in [-0.3, -0.25) is 9.59 Å². The largest absolute Gasteiger partial charge is 0.462 e. The van der Waals surface area contributed by atoms with Crippen molar-refractivity contribution in [1.82, 2.24) is 0 Å². The molecule has 7 N–H and O–H groups in total. The lowest BCUT2D eigenvalue weighted by atomic mass is 9.98. The van der Waals surface area contributed by atoms with E-state index in [-0.39, 0.29) is 26.1 Å². The van der Waals surface area contributed by atoms with Crippen LogP contribution in [0.4, 0.5) is 0 Å². The first-order valence-electron chi connectivity index (χ1n) is 27.4. The molecule has 0 aromatic carbocycles. The lowest BCUT2D eigenvalue weighted by Gasteiger charge is -2.42. The molecule has 0 bridgehead atoms. The van der Waals surface area contributed by atoms with Gasteiger partial charge in [-0.05, 0) is 38.5 Å². The maximum Gasteiger partial charge on any atom is 0.306 e. The van der Waals surface area contributed by atoms with Gasteiger partial charge in [-0.15, -0.1) is 0 Å². The molecule has 0 aromatic heterocycles. The summed E-state index contributed by atoms with van der Waals surface area (Å²) in [6, 6.07) is 0. The van der Waals surface area contributed by atoms with E-state index in [1.54, 1.807) is 0 Å². The molecule has 404 valence electrons. The minimum absolute atomic E-state index is 0.151. The van der Waals surface area contributed by atoms with E-state index in [4.69, 9.17) is 28.4 Å². The molecule has 11 unspecified atom stereocenters. The van der Waals surface area contributed by atoms with Crippen LogP contribution < -0.4 is 0 Å². The molecule has 0 radical (unpaired) electrons. The predicted molar refractivity (Wildman–Crippen MR) is 266 cm³/mol. The second-order valence-corrected chi connectivity index (χ2v) is 19.4. The first-order chi connectivity index (χ1) is 33.5. The van der Waals surface area contributed by atoms with E-state index in [0.717, 1.165) is 70.6 Å². The molecule has 0 amide bonds. The first-order valence-corrected chi connectivity index (χ1v) is 27.4. The van der Waals surface area contributed by atoms with Gasteiger partial charge < -0.3 is 64.2 Å². The standard InChI is InChI=1S/C54H98O15/c1-3-5-7-9-11-13-15-17-18-19-20-21-22-23-25-26-28-30-32-34-36-45(56)64-39-42(67-46(57)37-35-33-31-29-27-24-16-14-12-10-8-6-4-2)40-65-53-52(63)50(61)48(59)44(69-53)41-66-54-51(62)49(60)47(58)43(38-55)68-54/h8,10,14,16,42-44,47-55,58-63H,3-7,9,11-13,15,17-41H2,1-2H3/b10-8-,16-14-. The summed E-state index contributed by atoms with van der Waals surface area (Å²) in [6.45, 7) is 2.54. The molecule has 2 aliphatic heterocycles. The molecular weight excluding hydrogens is 889 g/mol. The van der Waals surface area contributed by atoms with Crippen molar-refractivity contribution in [3.63, 3.8) is 0 Å². The van der Waals surface area contributed by atoms with Crippen LogP contribution in [0.1, 0.15) is 213 Å². The summed E-state index contributed by atoms with van der Waals surface area (Å²) in [5.41, 5.74) is 0. The quantitative estimate of drug-likeness (QED) is 0.0173. The van der Waals surface area contributed by atoms with Crippen molar-refractivity contribution >= 4 is 11.9 Å². The number of aliphatic hydroxyl groups excluding tert-OH is 7. The Bertz CT molecular complexity index is 1300. The zero-order valence-electron chi connectivity index (χ0n) is 42.8. The molecule has 2 saturated heterocycles. The van der Waals surface area contributed by atoms with Gasteiger partial charge in [0.25, 0.3) is 0 Å². The molecule has 2 aliphatic rings. The van der Waals surface area contributed by atoms with Gasteiger partial charge in [0, 0.05) is 12.8 Å². The average molecular weight is 987 g/mol. The monoisotopic (exact) mass is 987 g/mol. The SMILES string of the molecule is CCC/C=C\C/C=C\CCCCCCCC(=O)OC(COC(=O)CCCCCCCCCCCCCCCCCCCCCC)COC1OC(COC2OC(CO)C(O)C(O)C2O)C(O)C(O)C1O. The van der Waals surface area contributed by atoms with Gasteiger partial charge >= 0.3 is 11.9 Å². The van der Waals surface area contributed by atoms with Gasteiger partial charge in [0.2, 0.25) is 0 Å². The number of allylic oxidation sites excluding steroid dienone is 4. The fraction of sp³-hybridized carbons (Fsp3) is 0.889. The van der Waals surface area contributed by atoms with Crippen molar-refractivity contribution in [2.75, 3.05) is 26.4 Å². The van der Waals surface area contributed by atoms with E-state index in [9.17, 15) is 45.3 Å². The van der Waals surface area contributed by atoms with Crippen molar-refractivity contribution in [1.29, 1.82) is 0 Å². The number of esters is 2. The van der Waals surface area contributed by atoms with E-state index < -0.39 is 92.7 Å². The van der Waals surface area contributed by atoms with Crippen LogP contribution in [-0.2, 0) is 38.0 Å². The number of carbonyl (C=O) groups excluding carboxylic acids is 2. The molecule has 2 rings (SSSR count). The Morgan fingerprint density at radius 1 is 0.464 bits per heavy atom. The zero-order valence-corrected chi connectivity index (χ0v) is 42.8. The summed E-state index contributed by atoms with van der Waals surface area (Å²) in [5.74, 6) is -0.932. The number of ether oxygens (including phenoxy) is 6. The Hall–Kier alpha value is -2.02. The Kier molecular flexibility index (Phi) is 37.9. The van der Waals surface area contributed by atoms with Gasteiger partial charge in [-0.25, -0.2) is 0 Å². The van der Waals surface area contributed by atoms with Gasteiger partial charge in [-0.1, -0.05) is 186 Å². The number of carbonyl (C=O) groups is 2. The minimum Gasteiger partial charge on any atom is -0.462 e. The van der Waals surface area contributed by atoms with Crippen LogP contribution in [0.15, 0.2) is 24.3 Å². The Morgan fingerprint density at radius 3 is 1.41 bits per heavy atom. The van der Waals surface area contributed by atoms with Crippen LogP contribution in [-0.4, -0.2) is 142 Å². The highest BCUT2D eigenvalue weighted by Crippen LogP contribution is 2.27. The average Bonchev–Trinajstić information content (AvgIpc) is 3.34. The van der Waals surface area contributed by atoms with E-state index in [1.807, 2.05) is 0 Å². The molecule has 0 spiro atoms. The lowest BCUT2D eigenvalue weighted by Crippen LogP contribution is -2.61. The summed E-state index contributed by atoms with van der Waals surface area (Å²) in [6.07, 6.45) is 26.4. The van der Waals surface area contributed by atoms with Gasteiger partial charge in [0.1, 0.15) is 55.4 Å². The highest BCUT2D eigenvalue weighted by atomic mass is 16.7. The number of hydrogen-bond acceptors (Lipinski definition) is 15. The van der Waals surface area contributed by atoms with E-state index in [1.165, 1.54) is 103 Å². The summed E-state index contributed by atoms with van der Waals surface area (Å²) in [4.78, 5) is 25.8. The molecule has 69 heavy (non-hydrogen) atoms. The van der Waals surface area contributed by atoms with Gasteiger partial charge in [0.15, 0.2) is 18.7 Å². The Morgan fingerprint density at radius 2 is 0.899 bits per heavy atom. The third kappa shape index (κ3) is 29.3. The van der Waals surface area contributed by atoms with E-state index in [2.05, 4.69) is 38.2 Å². The maximum atomic E-state index is 13.0. The number of hydrogen-bond donors (Lipinski definition) is 7. The minimum atomic E-state index is -1.77. The smallest absolute Gasteiger partial charge is 0.306 e. The first kappa shape index (κ1) is 63.1. The maximum absolute atomic E-state index is 13.0. The van der Waals surface area contributed by atoms with Gasteiger partial charge in [-0.2, -0.15) is 0 Å². The second kappa shape index (κ2) is 41.5. The summed E-state index contributed by atoms with van der Waals surface area (Å²) in [5, 5.41) is 72.1. The predicted octanol–water partition coefficient (Wildman–Crippen LogP) is 8.33. The second-order valence-electron chi connectivity index (χ2n) is 19.4. The topological polar surface area (TPSA) is 231 Å². The van der Waals surface area contributed by atoms with Crippen LogP contribution in [0.2, 0.25) is 0 Å².